The zero-order valence-electron chi connectivity index (χ0n) is 7.24. The predicted molar refractivity (Wildman–Crippen MR) is 49.5 cm³/mol. The van der Waals surface area contributed by atoms with Crippen LogP contribution in [-0.4, -0.2) is 23.3 Å². The topological polar surface area (TPSA) is 84.8 Å². The molecule has 1 aromatic rings. The van der Waals surface area contributed by atoms with E-state index in [0.29, 0.717) is 5.16 Å². The van der Waals surface area contributed by atoms with E-state index in [1.807, 2.05) is 12.3 Å². The van der Waals surface area contributed by atoms with Gasteiger partial charge in [0.1, 0.15) is 11.9 Å². The van der Waals surface area contributed by atoms with Gasteiger partial charge in [0.05, 0.1) is 7.11 Å². The highest BCUT2D eigenvalue weighted by Gasteiger charge is 2.11. The van der Waals surface area contributed by atoms with Crippen LogP contribution in [0.25, 0.3) is 0 Å². The lowest BCUT2D eigenvalue weighted by Gasteiger charge is -2.04. The van der Waals surface area contributed by atoms with E-state index in [0.717, 1.165) is 0 Å². The second-order valence-corrected chi connectivity index (χ2v) is 2.87. The van der Waals surface area contributed by atoms with Crippen molar-refractivity contribution in [2.75, 3.05) is 19.1 Å². The van der Waals surface area contributed by atoms with Gasteiger partial charge >= 0.3 is 0 Å². The van der Waals surface area contributed by atoms with Crippen LogP contribution in [0.1, 0.15) is 5.56 Å². The van der Waals surface area contributed by atoms with Crippen molar-refractivity contribution >= 4 is 17.6 Å². The standard InChI is InChI=1S/C7H8N4OS/c1-12-6-4(3-8)5(9)10-7(11-6)13-2/h1-2H3,(H2,9,10,11). The molecule has 0 aliphatic heterocycles. The molecule has 0 amide bonds. The van der Waals surface area contributed by atoms with Crippen LogP contribution in [0, 0.1) is 11.3 Å². The highest BCUT2D eigenvalue weighted by molar-refractivity contribution is 7.98. The number of nitrogens with two attached hydrogens (primary N) is 1. The summed E-state index contributed by atoms with van der Waals surface area (Å²) in [5.41, 5.74) is 5.70. The fourth-order valence-electron chi connectivity index (χ4n) is 0.780. The summed E-state index contributed by atoms with van der Waals surface area (Å²) in [7, 11) is 1.44. The first kappa shape index (κ1) is 9.61. The van der Waals surface area contributed by atoms with Crippen molar-refractivity contribution in [2.24, 2.45) is 0 Å². The number of hydrogen-bond donors (Lipinski definition) is 1. The maximum atomic E-state index is 8.70. The van der Waals surface area contributed by atoms with E-state index in [-0.39, 0.29) is 17.3 Å². The Morgan fingerprint density at radius 2 is 2.23 bits per heavy atom. The molecule has 0 bridgehead atoms. The van der Waals surface area contributed by atoms with Gasteiger partial charge in [-0.2, -0.15) is 10.2 Å². The molecule has 0 spiro atoms. The summed E-state index contributed by atoms with van der Waals surface area (Å²) < 4.78 is 4.89. The van der Waals surface area contributed by atoms with Crippen molar-refractivity contribution < 1.29 is 4.74 Å². The van der Waals surface area contributed by atoms with Gasteiger partial charge in [-0.25, -0.2) is 4.98 Å². The maximum absolute atomic E-state index is 8.70. The average molecular weight is 196 g/mol. The lowest BCUT2D eigenvalue weighted by atomic mass is 10.3. The number of nitrogen functional groups attached to an aromatic ring is 1. The largest absolute Gasteiger partial charge is 0.480 e. The number of anilines is 1. The number of methoxy groups -OCH3 is 1. The molecule has 0 unspecified atom stereocenters. The smallest absolute Gasteiger partial charge is 0.237 e. The lowest BCUT2D eigenvalue weighted by molar-refractivity contribution is 0.391. The summed E-state index contributed by atoms with van der Waals surface area (Å²) in [4.78, 5) is 7.87. The molecule has 6 heteroatoms. The van der Waals surface area contributed by atoms with E-state index >= 15 is 0 Å². The minimum absolute atomic E-state index is 0.152. The van der Waals surface area contributed by atoms with Crippen LogP contribution in [0.3, 0.4) is 0 Å². The summed E-state index contributed by atoms with van der Waals surface area (Å²) in [6.07, 6.45) is 1.82. The van der Waals surface area contributed by atoms with E-state index in [2.05, 4.69) is 9.97 Å². The minimum atomic E-state index is 0.152. The van der Waals surface area contributed by atoms with Crippen LogP contribution in [-0.2, 0) is 0 Å². The Bertz CT molecular complexity index is 360. The Morgan fingerprint density at radius 1 is 1.54 bits per heavy atom. The first-order valence-electron chi connectivity index (χ1n) is 3.38. The van der Waals surface area contributed by atoms with Gasteiger partial charge in [-0.1, -0.05) is 11.8 Å². The van der Waals surface area contributed by atoms with Crippen molar-refractivity contribution in [3.63, 3.8) is 0 Å². The first-order valence-corrected chi connectivity index (χ1v) is 4.61. The Balaban J connectivity index is 3.31. The van der Waals surface area contributed by atoms with Gasteiger partial charge in [-0.15, -0.1) is 0 Å². The fraction of sp³-hybridized carbons (Fsp3) is 0.286. The molecule has 1 heterocycles. The normalized spacial score (nSPS) is 9.31. The molecule has 68 valence electrons. The van der Waals surface area contributed by atoms with Gasteiger partial charge in [-0.3, -0.25) is 0 Å². The van der Waals surface area contributed by atoms with Crippen LogP contribution >= 0.6 is 11.8 Å². The Kier molecular flexibility index (Phi) is 2.93. The predicted octanol–water partition coefficient (Wildman–Crippen LogP) is 0.661. The molecule has 0 aliphatic carbocycles. The minimum Gasteiger partial charge on any atom is -0.480 e. The molecule has 0 saturated carbocycles. The second-order valence-electron chi connectivity index (χ2n) is 2.09. The molecule has 0 fully saturated rings. The zero-order valence-corrected chi connectivity index (χ0v) is 8.05. The second kappa shape index (κ2) is 3.96. The summed E-state index contributed by atoms with van der Waals surface area (Å²) in [6.45, 7) is 0. The van der Waals surface area contributed by atoms with Gasteiger partial charge in [0, 0.05) is 0 Å². The van der Waals surface area contributed by atoms with Crippen LogP contribution < -0.4 is 10.5 Å². The lowest BCUT2D eigenvalue weighted by Crippen LogP contribution is -2.02. The molecule has 0 atom stereocenters. The van der Waals surface area contributed by atoms with Crippen molar-refractivity contribution in [2.45, 2.75) is 5.16 Å². The average Bonchev–Trinajstić information content (AvgIpc) is 2.16. The van der Waals surface area contributed by atoms with Gasteiger partial charge in [-0.05, 0) is 6.26 Å². The molecular weight excluding hydrogens is 188 g/mol. The number of ether oxygens (including phenoxy) is 1. The Morgan fingerprint density at radius 3 is 2.69 bits per heavy atom. The monoisotopic (exact) mass is 196 g/mol. The molecule has 1 rings (SSSR count). The highest BCUT2D eigenvalue weighted by atomic mass is 32.2. The number of nitriles is 1. The van der Waals surface area contributed by atoms with E-state index in [9.17, 15) is 0 Å². The molecule has 0 aromatic carbocycles. The third kappa shape index (κ3) is 1.81. The Hall–Kier alpha value is -1.48. The van der Waals surface area contributed by atoms with Gasteiger partial charge in [0.2, 0.25) is 5.88 Å². The summed E-state index contributed by atoms with van der Waals surface area (Å²) >= 11 is 1.34. The number of hydrogen-bond acceptors (Lipinski definition) is 6. The molecule has 0 aliphatic rings. The Labute approximate surface area is 79.9 Å². The van der Waals surface area contributed by atoms with Gasteiger partial charge in [0.25, 0.3) is 0 Å². The summed E-state index contributed by atoms with van der Waals surface area (Å²) in [5.74, 6) is 0.373. The third-order valence-electron chi connectivity index (χ3n) is 1.37. The third-order valence-corrected chi connectivity index (χ3v) is 1.92. The van der Waals surface area contributed by atoms with Crippen LogP contribution in [0.15, 0.2) is 5.16 Å². The quantitative estimate of drug-likeness (QED) is 0.552. The fourth-order valence-corrected chi connectivity index (χ4v) is 1.14. The number of rotatable bonds is 2. The van der Waals surface area contributed by atoms with Crippen LogP contribution in [0.2, 0.25) is 0 Å². The van der Waals surface area contributed by atoms with Crippen molar-refractivity contribution in [3.8, 4) is 11.9 Å². The first-order chi connectivity index (χ1) is 6.22. The highest BCUT2D eigenvalue weighted by Crippen LogP contribution is 2.22. The number of nitrogens with zero attached hydrogens (tertiary/aromatic N) is 3. The SMILES string of the molecule is COc1nc(SC)nc(N)c1C#N. The summed E-state index contributed by atoms with van der Waals surface area (Å²) in [5, 5.41) is 9.19. The molecule has 13 heavy (non-hydrogen) atoms. The molecule has 0 saturated heterocycles. The van der Waals surface area contributed by atoms with E-state index in [1.165, 1.54) is 18.9 Å². The number of aromatic nitrogens is 2. The number of thioether (sulfide) groups is 1. The molecule has 2 N–H and O–H groups in total. The molecule has 5 nitrogen and oxygen atoms in total. The maximum Gasteiger partial charge on any atom is 0.237 e. The van der Waals surface area contributed by atoms with Crippen molar-refractivity contribution in [1.82, 2.24) is 9.97 Å². The van der Waals surface area contributed by atoms with Crippen molar-refractivity contribution in [3.05, 3.63) is 5.56 Å². The molecular formula is C7H8N4OS. The van der Waals surface area contributed by atoms with E-state index in [1.54, 1.807) is 0 Å². The van der Waals surface area contributed by atoms with E-state index < -0.39 is 0 Å². The van der Waals surface area contributed by atoms with E-state index in [4.69, 9.17) is 15.7 Å². The van der Waals surface area contributed by atoms with Gasteiger partial charge in [0.15, 0.2) is 10.7 Å². The van der Waals surface area contributed by atoms with Crippen LogP contribution in [0.5, 0.6) is 5.88 Å². The zero-order chi connectivity index (χ0) is 9.84. The van der Waals surface area contributed by atoms with Gasteiger partial charge < -0.3 is 10.5 Å². The van der Waals surface area contributed by atoms with Crippen molar-refractivity contribution in [1.29, 1.82) is 5.26 Å². The summed E-state index contributed by atoms with van der Waals surface area (Å²) in [6, 6.07) is 1.88. The molecule has 1 aromatic heterocycles. The van der Waals surface area contributed by atoms with Crippen LogP contribution in [0.4, 0.5) is 5.82 Å². The molecule has 0 radical (unpaired) electrons.